The van der Waals surface area contributed by atoms with Gasteiger partial charge in [0, 0.05) is 45.2 Å². The summed E-state index contributed by atoms with van der Waals surface area (Å²) >= 11 is 0. The van der Waals surface area contributed by atoms with E-state index in [0.29, 0.717) is 18.7 Å². The SMILES string of the molecule is CN=C(NCc1ccc(C(=O)N(C)C)cc1)NCC(C)(C)c1ccc2c(c1)OCO2.I. The molecule has 2 N–H and O–H groups in total. The van der Waals surface area contributed by atoms with Crippen molar-refractivity contribution >= 4 is 35.8 Å². The Morgan fingerprint density at radius 1 is 1.06 bits per heavy atom. The number of halogens is 1. The number of rotatable bonds is 6. The summed E-state index contributed by atoms with van der Waals surface area (Å²) in [6.07, 6.45) is 0. The molecule has 0 aliphatic carbocycles. The fourth-order valence-electron chi connectivity index (χ4n) is 3.15. The number of guanidine groups is 1. The van der Waals surface area contributed by atoms with Gasteiger partial charge in [-0.15, -0.1) is 24.0 Å². The number of hydrogen-bond acceptors (Lipinski definition) is 4. The van der Waals surface area contributed by atoms with Gasteiger partial charge >= 0.3 is 0 Å². The minimum absolute atomic E-state index is 0. The Bertz CT molecular complexity index is 927. The first-order valence-corrected chi connectivity index (χ1v) is 9.95. The molecule has 0 fully saturated rings. The van der Waals surface area contributed by atoms with Gasteiger partial charge in [-0.25, -0.2) is 0 Å². The second kappa shape index (κ2) is 10.7. The first-order valence-electron chi connectivity index (χ1n) is 9.95. The molecule has 0 aromatic heterocycles. The number of carbonyl (C=O) groups excluding carboxylic acids is 1. The third-order valence-corrected chi connectivity index (χ3v) is 5.14. The van der Waals surface area contributed by atoms with E-state index in [-0.39, 0.29) is 42.1 Å². The van der Waals surface area contributed by atoms with Crippen LogP contribution in [0.3, 0.4) is 0 Å². The molecule has 0 radical (unpaired) electrons. The number of nitrogens with zero attached hydrogens (tertiary/aromatic N) is 2. The molecule has 0 saturated carbocycles. The van der Waals surface area contributed by atoms with E-state index in [4.69, 9.17) is 9.47 Å². The average Bonchev–Trinajstić information content (AvgIpc) is 3.21. The molecule has 1 amide bonds. The van der Waals surface area contributed by atoms with Gasteiger partial charge in [-0.05, 0) is 35.4 Å². The maximum Gasteiger partial charge on any atom is 0.253 e. The number of amides is 1. The lowest BCUT2D eigenvalue weighted by atomic mass is 9.84. The second-order valence-corrected chi connectivity index (χ2v) is 8.13. The molecule has 0 saturated heterocycles. The minimum atomic E-state index is -0.132. The van der Waals surface area contributed by atoms with E-state index in [1.807, 2.05) is 36.4 Å². The molecular formula is C23H31IN4O3. The molecule has 0 atom stereocenters. The lowest BCUT2D eigenvalue weighted by Gasteiger charge is -2.27. The van der Waals surface area contributed by atoms with Gasteiger partial charge in [0.2, 0.25) is 6.79 Å². The monoisotopic (exact) mass is 538 g/mol. The summed E-state index contributed by atoms with van der Waals surface area (Å²) in [4.78, 5) is 17.9. The molecule has 2 aromatic carbocycles. The van der Waals surface area contributed by atoms with E-state index in [1.165, 1.54) is 0 Å². The van der Waals surface area contributed by atoms with Gasteiger partial charge < -0.3 is 25.0 Å². The molecular weight excluding hydrogens is 507 g/mol. The molecule has 0 spiro atoms. The van der Waals surface area contributed by atoms with Crippen LogP contribution in [0, 0.1) is 0 Å². The van der Waals surface area contributed by atoms with E-state index >= 15 is 0 Å². The third-order valence-electron chi connectivity index (χ3n) is 5.14. The predicted octanol–water partition coefficient (Wildman–Crippen LogP) is 3.38. The average molecular weight is 538 g/mol. The summed E-state index contributed by atoms with van der Waals surface area (Å²) in [5, 5.41) is 6.72. The van der Waals surface area contributed by atoms with Crippen LogP contribution in [0.4, 0.5) is 0 Å². The molecule has 1 aliphatic rings. The van der Waals surface area contributed by atoms with E-state index < -0.39 is 0 Å². The zero-order chi connectivity index (χ0) is 21.7. The van der Waals surface area contributed by atoms with Gasteiger partial charge in [0.15, 0.2) is 17.5 Å². The molecule has 7 nitrogen and oxygen atoms in total. The molecule has 0 unspecified atom stereocenters. The molecule has 168 valence electrons. The van der Waals surface area contributed by atoms with Crippen molar-refractivity contribution in [2.24, 2.45) is 4.99 Å². The van der Waals surface area contributed by atoms with Crippen LogP contribution >= 0.6 is 24.0 Å². The Kier molecular flexibility index (Phi) is 8.55. The summed E-state index contributed by atoms with van der Waals surface area (Å²) < 4.78 is 10.9. The van der Waals surface area contributed by atoms with Crippen LogP contribution in [0.2, 0.25) is 0 Å². The van der Waals surface area contributed by atoms with Crippen molar-refractivity contribution in [3.63, 3.8) is 0 Å². The highest BCUT2D eigenvalue weighted by atomic mass is 127. The summed E-state index contributed by atoms with van der Waals surface area (Å²) in [5.74, 6) is 2.30. The maximum absolute atomic E-state index is 12.0. The highest BCUT2D eigenvalue weighted by Gasteiger charge is 2.24. The maximum atomic E-state index is 12.0. The Hall–Kier alpha value is -2.49. The van der Waals surface area contributed by atoms with Crippen LogP contribution < -0.4 is 20.1 Å². The van der Waals surface area contributed by atoms with Gasteiger partial charge in [0.05, 0.1) is 0 Å². The minimum Gasteiger partial charge on any atom is -0.454 e. The van der Waals surface area contributed by atoms with Crippen LogP contribution in [-0.2, 0) is 12.0 Å². The molecule has 0 bridgehead atoms. The normalized spacial score (nSPS) is 12.7. The van der Waals surface area contributed by atoms with Crippen LogP contribution in [0.1, 0.15) is 35.3 Å². The Balaban J connectivity index is 0.00000341. The Morgan fingerprint density at radius 3 is 2.39 bits per heavy atom. The summed E-state index contributed by atoms with van der Waals surface area (Å²) in [7, 11) is 5.25. The number of nitrogens with one attached hydrogen (secondary N) is 2. The molecule has 8 heteroatoms. The van der Waals surface area contributed by atoms with Crippen molar-refractivity contribution in [1.82, 2.24) is 15.5 Å². The fraction of sp³-hybridized carbons (Fsp3) is 0.391. The molecule has 2 aromatic rings. The highest BCUT2D eigenvalue weighted by molar-refractivity contribution is 14.0. The fourth-order valence-corrected chi connectivity index (χ4v) is 3.15. The molecule has 3 rings (SSSR count). The lowest BCUT2D eigenvalue weighted by Crippen LogP contribution is -2.43. The smallest absolute Gasteiger partial charge is 0.253 e. The van der Waals surface area contributed by atoms with Crippen molar-refractivity contribution in [3.05, 3.63) is 59.2 Å². The lowest BCUT2D eigenvalue weighted by molar-refractivity contribution is 0.0827. The first-order chi connectivity index (χ1) is 14.3. The number of carbonyl (C=O) groups is 1. The van der Waals surface area contributed by atoms with Crippen LogP contribution in [0.25, 0.3) is 0 Å². The zero-order valence-electron chi connectivity index (χ0n) is 18.7. The van der Waals surface area contributed by atoms with E-state index in [9.17, 15) is 4.79 Å². The van der Waals surface area contributed by atoms with Crippen molar-refractivity contribution in [3.8, 4) is 11.5 Å². The van der Waals surface area contributed by atoms with Gasteiger partial charge in [-0.2, -0.15) is 0 Å². The summed E-state index contributed by atoms with van der Waals surface area (Å²) in [6, 6.07) is 13.7. The number of aliphatic imine (C=N–C) groups is 1. The predicted molar refractivity (Wildman–Crippen MR) is 134 cm³/mol. The van der Waals surface area contributed by atoms with E-state index in [0.717, 1.165) is 28.6 Å². The van der Waals surface area contributed by atoms with E-state index in [2.05, 4.69) is 35.5 Å². The van der Waals surface area contributed by atoms with Gasteiger partial charge in [0.1, 0.15) is 0 Å². The quantitative estimate of drug-likeness (QED) is 0.335. The number of benzene rings is 2. The van der Waals surface area contributed by atoms with Crippen LogP contribution in [-0.4, -0.2) is 51.2 Å². The first kappa shape index (κ1) is 24.8. The van der Waals surface area contributed by atoms with Gasteiger partial charge in [0.25, 0.3) is 5.91 Å². The van der Waals surface area contributed by atoms with Crippen LogP contribution in [0.5, 0.6) is 11.5 Å². The van der Waals surface area contributed by atoms with Gasteiger partial charge in [-0.1, -0.05) is 32.0 Å². The van der Waals surface area contributed by atoms with Crippen molar-refractivity contribution < 1.29 is 14.3 Å². The summed E-state index contributed by atoms with van der Waals surface area (Å²) in [5.41, 5.74) is 2.78. The molecule has 1 heterocycles. The van der Waals surface area contributed by atoms with Crippen molar-refractivity contribution in [1.29, 1.82) is 0 Å². The van der Waals surface area contributed by atoms with Crippen molar-refractivity contribution in [2.75, 3.05) is 34.5 Å². The summed E-state index contributed by atoms with van der Waals surface area (Å²) in [6.45, 7) is 5.93. The number of fused-ring (bicyclic) bond motifs is 1. The van der Waals surface area contributed by atoms with E-state index in [1.54, 1.807) is 26.0 Å². The number of ether oxygens (including phenoxy) is 2. The standard InChI is InChI=1S/C23H30N4O3.HI/c1-23(2,18-10-11-19-20(12-18)30-15-29-19)14-26-22(24-3)25-13-16-6-8-17(9-7-16)21(28)27(4)5;/h6-12H,13-15H2,1-5H3,(H2,24,25,26);1H. The Labute approximate surface area is 201 Å². The topological polar surface area (TPSA) is 75.2 Å². The Morgan fingerprint density at radius 2 is 1.74 bits per heavy atom. The molecule has 31 heavy (non-hydrogen) atoms. The third kappa shape index (κ3) is 6.25. The number of hydrogen-bond donors (Lipinski definition) is 2. The van der Waals surface area contributed by atoms with Crippen LogP contribution in [0.15, 0.2) is 47.5 Å². The second-order valence-electron chi connectivity index (χ2n) is 8.13. The highest BCUT2D eigenvalue weighted by Crippen LogP contribution is 2.36. The zero-order valence-corrected chi connectivity index (χ0v) is 21.0. The largest absolute Gasteiger partial charge is 0.454 e. The molecule has 1 aliphatic heterocycles. The van der Waals surface area contributed by atoms with Gasteiger partial charge in [-0.3, -0.25) is 9.79 Å². The van der Waals surface area contributed by atoms with Crippen molar-refractivity contribution in [2.45, 2.75) is 25.8 Å².